The number of carbonyl (C=O) groups is 1. The van der Waals surface area contributed by atoms with Gasteiger partial charge in [0.2, 0.25) is 0 Å². The Morgan fingerprint density at radius 2 is 1.93 bits per heavy atom. The van der Waals surface area contributed by atoms with Gasteiger partial charge in [0.05, 0.1) is 0 Å². The lowest BCUT2D eigenvalue weighted by atomic mass is 10.1. The highest BCUT2D eigenvalue weighted by Gasteiger charge is 2.40. The van der Waals surface area contributed by atoms with E-state index in [1.165, 1.54) is 6.07 Å². The summed E-state index contributed by atoms with van der Waals surface area (Å²) < 4.78 is 19.0. The number of ether oxygens (including phenoxy) is 1. The van der Waals surface area contributed by atoms with Crippen molar-refractivity contribution in [3.05, 3.63) is 35.6 Å². The number of nitrogens with one attached hydrogen (secondary N) is 3. The van der Waals surface area contributed by atoms with Crippen LogP contribution < -0.4 is 16.0 Å². The van der Waals surface area contributed by atoms with Crippen LogP contribution in [-0.4, -0.2) is 43.8 Å². The smallest absolute Gasteiger partial charge is 0.407 e. The van der Waals surface area contributed by atoms with Gasteiger partial charge in [-0.05, 0) is 45.2 Å². The molecule has 1 saturated carbocycles. The third-order valence-electron chi connectivity index (χ3n) is 3.96. The molecular weight excluding hydrogens is 462 g/mol. The fraction of sp³-hybridized carbons (Fsp3) is 0.579. The molecule has 0 heterocycles. The summed E-state index contributed by atoms with van der Waals surface area (Å²) in [6.07, 6.45) is 1.22. The van der Waals surface area contributed by atoms with Crippen molar-refractivity contribution in [3.63, 3.8) is 0 Å². The van der Waals surface area contributed by atoms with Gasteiger partial charge in [0, 0.05) is 32.1 Å². The van der Waals surface area contributed by atoms with Crippen LogP contribution in [0.5, 0.6) is 0 Å². The summed E-state index contributed by atoms with van der Waals surface area (Å²) in [5.41, 5.74) is 0.259. The average Bonchev–Trinajstić information content (AvgIpc) is 3.31. The van der Waals surface area contributed by atoms with E-state index in [1.807, 2.05) is 32.9 Å². The summed E-state index contributed by atoms with van der Waals surface area (Å²) in [5.74, 6) is 0.715. The number of carbonyl (C=O) groups excluding carboxylic acids is 1. The molecule has 3 N–H and O–H groups in total. The zero-order valence-electron chi connectivity index (χ0n) is 16.3. The highest BCUT2D eigenvalue weighted by molar-refractivity contribution is 14.0. The van der Waals surface area contributed by atoms with Gasteiger partial charge < -0.3 is 20.7 Å². The number of hydrogen-bond acceptors (Lipinski definition) is 3. The van der Waals surface area contributed by atoms with Gasteiger partial charge in [-0.3, -0.25) is 4.99 Å². The van der Waals surface area contributed by atoms with E-state index in [4.69, 9.17) is 4.74 Å². The molecule has 1 aliphatic rings. The minimum atomic E-state index is -0.493. The molecule has 0 saturated heterocycles. The number of rotatable bonds is 6. The second kappa shape index (κ2) is 10.7. The van der Waals surface area contributed by atoms with Crippen molar-refractivity contribution in [2.24, 2.45) is 4.99 Å². The van der Waals surface area contributed by atoms with E-state index in [0.717, 1.165) is 18.4 Å². The molecule has 1 fully saturated rings. The van der Waals surface area contributed by atoms with Gasteiger partial charge >= 0.3 is 6.09 Å². The molecule has 1 aromatic rings. The molecule has 27 heavy (non-hydrogen) atoms. The molecule has 2 atom stereocenters. The number of halogens is 2. The first-order chi connectivity index (χ1) is 12.3. The van der Waals surface area contributed by atoms with Crippen LogP contribution in [0.25, 0.3) is 0 Å². The summed E-state index contributed by atoms with van der Waals surface area (Å²) in [6.45, 7) is 6.66. The van der Waals surface area contributed by atoms with Crippen LogP contribution in [0, 0.1) is 5.82 Å². The Kier molecular flexibility index (Phi) is 9.28. The van der Waals surface area contributed by atoms with Crippen molar-refractivity contribution in [2.45, 2.75) is 51.2 Å². The second-order valence-corrected chi connectivity index (χ2v) is 7.40. The molecule has 1 aromatic carbocycles. The first-order valence-corrected chi connectivity index (χ1v) is 8.98. The summed E-state index contributed by atoms with van der Waals surface area (Å²) in [5, 5.41) is 9.23. The van der Waals surface area contributed by atoms with Crippen molar-refractivity contribution in [2.75, 3.05) is 20.1 Å². The van der Waals surface area contributed by atoms with Crippen LogP contribution in [0.15, 0.2) is 29.3 Å². The topological polar surface area (TPSA) is 74.8 Å². The lowest BCUT2D eigenvalue weighted by Crippen LogP contribution is -2.40. The monoisotopic (exact) mass is 492 g/mol. The van der Waals surface area contributed by atoms with Crippen molar-refractivity contribution in [1.82, 2.24) is 16.0 Å². The summed E-state index contributed by atoms with van der Waals surface area (Å²) in [4.78, 5) is 15.7. The van der Waals surface area contributed by atoms with E-state index in [1.54, 1.807) is 13.1 Å². The van der Waals surface area contributed by atoms with Crippen molar-refractivity contribution >= 4 is 36.0 Å². The van der Waals surface area contributed by atoms with Gasteiger partial charge in [-0.25, -0.2) is 9.18 Å². The van der Waals surface area contributed by atoms with Gasteiger partial charge in [0.1, 0.15) is 11.4 Å². The highest BCUT2D eigenvalue weighted by Crippen LogP contribution is 2.41. The van der Waals surface area contributed by atoms with Gasteiger partial charge in [-0.2, -0.15) is 0 Å². The molecule has 6 nitrogen and oxygen atoms in total. The molecule has 2 rings (SSSR count). The van der Waals surface area contributed by atoms with E-state index in [2.05, 4.69) is 20.9 Å². The Morgan fingerprint density at radius 1 is 1.26 bits per heavy atom. The Labute approximate surface area is 177 Å². The van der Waals surface area contributed by atoms with E-state index in [-0.39, 0.29) is 41.8 Å². The van der Waals surface area contributed by atoms with Crippen LogP contribution in [0.2, 0.25) is 0 Å². The molecule has 0 bridgehead atoms. The maximum Gasteiger partial charge on any atom is 0.407 e. The predicted octanol–water partition coefficient (Wildman–Crippen LogP) is 3.38. The molecular formula is C19H30FIN4O2. The van der Waals surface area contributed by atoms with Crippen molar-refractivity contribution < 1.29 is 13.9 Å². The van der Waals surface area contributed by atoms with E-state index in [0.29, 0.717) is 19.0 Å². The van der Waals surface area contributed by atoms with E-state index >= 15 is 0 Å². The maximum absolute atomic E-state index is 13.8. The first-order valence-electron chi connectivity index (χ1n) is 8.98. The van der Waals surface area contributed by atoms with E-state index in [9.17, 15) is 9.18 Å². The average molecular weight is 492 g/mol. The second-order valence-electron chi connectivity index (χ2n) is 7.40. The van der Waals surface area contributed by atoms with E-state index < -0.39 is 11.7 Å². The number of benzene rings is 1. The Balaban J connectivity index is 0.00000364. The fourth-order valence-corrected chi connectivity index (χ4v) is 2.64. The molecule has 1 amide bonds. The Morgan fingerprint density at radius 3 is 2.56 bits per heavy atom. The van der Waals surface area contributed by atoms with Crippen molar-refractivity contribution in [3.8, 4) is 0 Å². The molecule has 0 aromatic heterocycles. The molecule has 0 radical (unpaired) electrons. The Bertz CT molecular complexity index is 649. The van der Waals surface area contributed by atoms with Crippen LogP contribution in [0.3, 0.4) is 0 Å². The largest absolute Gasteiger partial charge is 0.444 e. The molecule has 0 aliphatic heterocycles. The van der Waals surface area contributed by atoms with Gasteiger partial charge in [-0.1, -0.05) is 18.2 Å². The number of hydrogen-bond donors (Lipinski definition) is 3. The number of aliphatic imine (C=N–C) groups is 1. The van der Waals surface area contributed by atoms with Gasteiger partial charge in [0.25, 0.3) is 0 Å². The van der Waals surface area contributed by atoms with Gasteiger partial charge in [0.15, 0.2) is 5.96 Å². The zero-order valence-corrected chi connectivity index (χ0v) is 18.7. The van der Waals surface area contributed by atoms with Gasteiger partial charge in [-0.15, -0.1) is 24.0 Å². The summed E-state index contributed by atoms with van der Waals surface area (Å²) >= 11 is 0. The lowest BCUT2D eigenvalue weighted by molar-refractivity contribution is 0.0527. The third kappa shape index (κ3) is 8.32. The van der Waals surface area contributed by atoms with Crippen molar-refractivity contribution in [1.29, 1.82) is 0 Å². The van der Waals surface area contributed by atoms with Crippen LogP contribution >= 0.6 is 24.0 Å². The molecule has 1 aliphatic carbocycles. The minimum Gasteiger partial charge on any atom is -0.444 e. The summed E-state index contributed by atoms with van der Waals surface area (Å²) in [6, 6.07) is 7.09. The molecule has 152 valence electrons. The lowest BCUT2D eigenvalue weighted by Gasteiger charge is -2.19. The number of amides is 1. The standard InChI is InChI=1S/C19H29FN4O2.HI/c1-19(2,3)26-18(25)23-11-7-10-22-17(21-4)24-16-12-14(16)13-8-5-6-9-15(13)20;/h5-6,8-9,14,16H,7,10-12H2,1-4H3,(H,23,25)(H2,21,22,24);1H. The minimum absolute atomic E-state index is 0. The summed E-state index contributed by atoms with van der Waals surface area (Å²) in [7, 11) is 1.70. The van der Waals surface area contributed by atoms with Crippen LogP contribution in [-0.2, 0) is 4.74 Å². The fourth-order valence-electron chi connectivity index (χ4n) is 2.64. The number of guanidine groups is 1. The molecule has 8 heteroatoms. The zero-order chi connectivity index (χ0) is 19.2. The molecule has 2 unspecified atom stereocenters. The normalized spacial score (nSPS) is 18.9. The number of nitrogens with zero attached hydrogens (tertiary/aromatic N) is 1. The Hall–Kier alpha value is -1.58. The number of alkyl carbamates (subject to hydrolysis) is 1. The quantitative estimate of drug-likeness (QED) is 0.247. The SMILES string of the molecule is CN=C(NCCCNC(=O)OC(C)(C)C)NC1CC1c1ccccc1F.I. The first kappa shape index (κ1) is 23.5. The van der Waals surface area contributed by atoms with Crippen LogP contribution in [0.1, 0.15) is 45.1 Å². The molecule has 0 spiro atoms. The highest BCUT2D eigenvalue weighted by atomic mass is 127. The predicted molar refractivity (Wildman–Crippen MR) is 116 cm³/mol. The third-order valence-corrected chi connectivity index (χ3v) is 3.96. The van der Waals surface area contributed by atoms with Crippen LogP contribution in [0.4, 0.5) is 9.18 Å². The maximum atomic E-state index is 13.8.